The first-order chi connectivity index (χ1) is 47.2. The Morgan fingerprint density at radius 3 is 0.851 bits per heavy atom. The SMILES string of the molecule is C#CCOCC(C)(COCC#C)NCC(=O)OCC(C)(COC(=O)CNC(C)(COCC#C)COCC#C)NC(=O)CCC.C#CCOCC(C)([NH3+])COCC#C.CCCC(=O)NC(C)(CO)CO.CCCC(=O)NC(C)(COC(=O)CCl)COC(=O)CCl.O=C(Cl)CCl.O=C([O-])C(F)(F)F. The molecule has 0 aliphatic heterocycles. The summed E-state index contributed by atoms with van der Waals surface area (Å²) in [5.74, 6) is 7.46. The standard InChI is InChI=1S/C32H47N3O9.C12H19Cl2NO5.C10H15NO2.C8H17NO3.C2H2Cl2O.C2HF3O2/c1-9-14-27(36)35-32(8,25-43-28(37)19-33-30(6,21-39-15-10-2)22-40-16-11-3)26-44-29(38)20-34-31(7,23-41-17-12-4)24-42-18-13-5;1-3-4-9(16)15-12(2,7-19-10(17)5-13)8-20-11(18)6-14;1-4-6-12-8-10(3,11)9-13-7-5-2;1-3-4-7(12)9-8(2,5-10)6-11;3-1-2(4)5;3-2(4,5)1(6)7/h2-5,33-34H,9,14-26H2,1,6-8H3,(H,35,36);3-8H2,1-2H3,(H,15,16);1-2H,6-9,11H2,3H3;10-11H,3-6H2,1-2H3,(H,9,12);1H2;(H,6,7). The molecule has 0 aliphatic rings. The average Bonchev–Trinajstić information content (AvgIpc) is 0.881. The van der Waals surface area contributed by atoms with E-state index in [2.05, 4.69) is 67.8 Å². The number of quaternary nitrogens is 1. The molecule has 0 atom stereocenters. The summed E-state index contributed by atoms with van der Waals surface area (Å²) in [5, 5.41) is 40.0. The molecule has 0 spiro atoms. The topological polar surface area (TPSA) is 397 Å². The largest absolute Gasteiger partial charge is 0.542 e. The highest BCUT2D eigenvalue weighted by Gasteiger charge is 2.34. The molecule has 0 aromatic carbocycles. The number of nitrogens with one attached hydrogen (secondary N) is 5. The molecule has 0 unspecified atom stereocenters. The zero-order valence-corrected chi connectivity index (χ0v) is 61.9. The Morgan fingerprint density at radius 2 is 0.653 bits per heavy atom. The van der Waals surface area contributed by atoms with Gasteiger partial charge >= 0.3 is 30.1 Å². The zero-order chi connectivity index (χ0) is 79.1. The third kappa shape index (κ3) is 67.5. The number of ether oxygens (including phenoxy) is 10. The molecule has 0 saturated heterocycles. The van der Waals surface area contributed by atoms with Gasteiger partial charge in [-0.3, -0.25) is 49.0 Å². The molecule has 0 heterocycles. The van der Waals surface area contributed by atoms with Crippen molar-refractivity contribution >= 4 is 99.2 Å². The molecule has 0 aliphatic carbocycles. The second kappa shape index (κ2) is 63.0. The van der Waals surface area contributed by atoms with Crippen LogP contribution in [0.5, 0.6) is 0 Å². The van der Waals surface area contributed by atoms with E-state index in [1.807, 2.05) is 27.7 Å². The number of carbonyl (C=O) groups excluding carboxylic acids is 9. The normalized spacial score (nSPS) is 10.9. The van der Waals surface area contributed by atoms with Crippen LogP contribution in [-0.4, -0.2) is 252 Å². The first-order valence-corrected chi connectivity index (χ1v) is 32.5. The number of aliphatic carboxylic acids is 1. The molecule has 10 N–H and O–H groups in total. The van der Waals surface area contributed by atoms with Gasteiger partial charge in [0.2, 0.25) is 23.0 Å². The van der Waals surface area contributed by atoms with E-state index in [0.29, 0.717) is 52.1 Å². The lowest BCUT2D eigenvalue weighted by Gasteiger charge is -2.32. The number of halogens is 7. The maximum atomic E-state index is 12.7. The van der Waals surface area contributed by atoms with Crippen LogP contribution in [0.25, 0.3) is 0 Å². The fraction of sp³-hybridized carbons (Fsp3) is 0.682. The smallest absolute Gasteiger partial charge is 0.430 e. The fourth-order valence-electron chi connectivity index (χ4n) is 6.33. The van der Waals surface area contributed by atoms with Crippen LogP contribution in [0, 0.1) is 74.1 Å². The Hall–Kier alpha value is -6.70. The highest BCUT2D eigenvalue weighted by molar-refractivity contribution is 6.67. The van der Waals surface area contributed by atoms with Gasteiger partial charge in [-0.05, 0) is 72.4 Å². The Morgan fingerprint density at radius 1 is 0.426 bits per heavy atom. The number of hydrogen-bond donors (Lipinski definition) is 8. The molecular formula is C66H101Cl4F3N6O22. The van der Waals surface area contributed by atoms with Gasteiger partial charge in [0.1, 0.15) is 114 Å². The van der Waals surface area contributed by atoms with Crippen LogP contribution in [0.3, 0.4) is 0 Å². The van der Waals surface area contributed by atoms with Crippen molar-refractivity contribution in [2.24, 2.45) is 0 Å². The molecule has 0 saturated carbocycles. The van der Waals surface area contributed by atoms with Crippen LogP contribution >= 0.6 is 46.4 Å². The molecule has 0 radical (unpaired) electrons. The quantitative estimate of drug-likeness (QED) is 0.0103. The second-order valence-corrected chi connectivity index (χ2v) is 24.1. The predicted octanol–water partition coefficient (Wildman–Crippen LogP) is 0.491. The summed E-state index contributed by atoms with van der Waals surface area (Å²) in [5.41, 5.74) is -1.05. The maximum absolute atomic E-state index is 12.7. The van der Waals surface area contributed by atoms with Gasteiger partial charge in [0.05, 0.1) is 75.2 Å². The number of amides is 3. The molecule has 35 heteroatoms. The lowest BCUT2D eigenvalue weighted by molar-refractivity contribution is -0.485. The molecule has 576 valence electrons. The molecule has 0 fully saturated rings. The number of alkyl halides is 6. The third-order valence-corrected chi connectivity index (χ3v) is 12.2. The van der Waals surface area contributed by atoms with Crippen LogP contribution in [0.1, 0.15) is 101 Å². The van der Waals surface area contributed by atoms with E-state index in [1.54, 1.807) is 34.6 Å². The molecule has 3 amide bonds. The fourth-order valence-corrected chi connectivity index (χ4v) is 6.48. The molecule has 0 rings (SSSR count). The number of carboxylic acid groups (broad SMARTS) is 1. The van der Waals surface area contributed by atoms with Crippen molar-refractivity contribution in [2.75, 3.05) is 150 Å². The molecule has 0 aromatic heterocycles. The number of terminal acetylenes is 6. The van der Waals surface area contributed by atoms with E-state index in [1.165, 1.54) is 0 Å². The minimum Gasteiger partial charge on any atom is -0.542 e. The molecule has 28 nitrogen and oxygen atoms in total. The lowest BCUT2D eigenvalue weighted by atomic mass is 10.0. The van der Waals surface area contributed by atoms with E-state index in [4.69, 9.17) is 152 Å². The van der Waals surface area contributed by atoms with E-state index < -0.39 is 69.0 Å². The summed E-state index contributed by atoms with van der Waals surface area (Å²) in [6.45, 7) is 16.6. The van der Waals surface area contributed by atoms with Crippen molar-refractivity contribution in [3.63, 3.8) is 0 Å². The summed E-state index contributed by atoms with van der Waals surface area (Å²) < 4.78 is 84.2. The summed E-state index contributed by atoms with van der Waals surface area (Å²) in [6.07, 6.45) is 28.9. The predicted molar refractivity (Wildman–Crippen MR) is 368 cm³/mol. The Bertz CT molecular complexity index is 2500. The minimum absolute atomic E-state index is 0.0826. The van der Waals surface area contributed by atoms with Crippen molar-refractivity contribution in [1.82, 2.24) is 26.6 Å². The number of aliphatic hydroxyl groups excluding tert-OH is 2. The van der Waals surface area contributed by atoms with Crippen LogP contribution in [-0.2, 0) is 90.5 Å². The van der Waals surface area contributed by atoms with Gasteiger partial charge in [0.15, 0.2) is 0 Å². The highest BCUT2D eigenvalue weighted by Crippen LogP contribution is 2.14. The van der Waals surface area contributed by atoms with E-state index in [9.17, 15) is 51.5 Å². The summed E-state index contributed by atoms with van der Waals surface area (Å²) in [4.78, 5) is 101. The van der Waals surface area contributed by atoms with Crippen molar-refractivity contribution in [1.29, 1.82) is 0 Å². The summed E-state index contributed by atoms with van der Waals surface area (Å²) in [6, 6.07) is 0. The van der Waals surface area contributed by atoms with Gasteiger partial charge in [0.25, 0.3) is 0 Å². The average molecular weight is 1530 g/mol. The van der Waals surface area contributed by atoms with Gasteiger partial charge in [-0.1, -0.05) is 56.3 Å². The van der Waals surface area contributed by atoms with E-state index >= 15 is 0 Å². The van der Waals surface area contributed by atoms with Crippen molar-refractivity contribution in [3.8, 4) is 74.1 Å². The highest BCUT2D eigenvalue weighted by atomic mass is 35.5. The van der Waals surface area contributed by atoms with E-state index in [0.717, 1.165) is 6.42 Å². The van der Waals surface area contributed by atoms with Gasteiger partial charge < -0.3 is 89.2 Å². The van der Waals surface area contributed by atoms with Crippen LogP contribution in [0.2, 0.25) is 0 Å². The zero-order valence-electron chi connectivity index (χ0n) is 58.9. The van der Waals surface area contributed by atoms with Gasteiger partial charge in [0, 0.05) is 19.3 Å². The van der Waals surface area contributed by atoms with Crippen molar-refractivity contribution in [3.05, 3.63) is 0 Å². The number of carbonyl (C=O) groups is 9. The van der Waals surface area contributed by atoms with Gasteiger partial charge in [-0.15, -0.1) is 73.3 Å². The Kier molecular flexibility index (Phi) is 65.7. The molecule has 0 bridgehead atoms. The first kappa shape index (κ1) is 105. The molecule has 101 heavy (non-hydrogen) atoms. The Balaban J connectivity index is -0.000000322. The van der Waals surface area contributed by atoms with Crippen molar-refractivity contribution in [2.45, 2.75) is 140 Å². The lowest BCUT2D eigenvalue weighted by Crippen LogP contribution is -2.75. The van der Waals surface area contributed by atoms with Gasteiger partial charge in [-0.2, -0.15) is 13.2 Å². The minimum atomic E-state index is -5.19. The molecule has 0 aromatic rings. The van der Waals surface area contributed by atoms with Crippen LogP contribution in [0.4, 0.5) is 13.2 Å². The Labute approximate surface area is 611 Å². The van der Waals surface area contributed by atoms with E-state index in [-0.39, 0.29) is 153 Å². The monoisotopic (exact) mass is 1530 g/mol. The number of hydrogen-bond acceptors (Lipinski definition) is 24. The first-order valence-electron chi connectivity index (χ1n) is 30.5. The number of carboxylic acids is 1. The molecular weight excluding hydrogens is 1430 g/mol. The van der Waals surface area contributed by atoms with Gasteiger partial charge in [-0.25, -0.2) is 0 Å². The van der Waals surface area contributed by atoms with Crippen LogP contribution in [0.15, 0.2) is 0 Å². The number of rotatable bonds is 46. The summed E-state index contributed by atoms with van der Waals surface area (Å²) in [7, 11) is 0. The van der Waals surface area contributed by atoms with Crippen LogP contribution < -0.4 is 37.4 Å². The summed E-state index contributed by atoms with van der Waals surface area (Å²) >= 11 is 20.2. The third-order valence-electron chi connectivity index (χ3n) is 11.2. The second-order valence-electron chi connectivity index (χ2n) is 22.9. The number of esters is 4. The van der Waals surface area contributed by atoms with Crippen molar-refractivity contribution < 1.29 is 125 Å². The maximum Gasteiger partial charge on any atom is 0.430 e. The number of aliphatic hydroxyl groups is 2.